The zero-order chi connectivity index (χ0) is 51.7. The largest absolute Gasteiger partial charge is 0.444 e. The van der Waals surface area contributed by atoms with Crippen LogP contribution in [0.3, 0.4) is 0 Å². The molecule has 9 nitrogen and oxygen atoms in total. The van der Waals surface area contributed by atoms with E-state index in [0.717, 1.165) is 25.0 Å². The molecule has 4 atom stereocenters. The minimum absolute atomic E-state index is 0.00829. The number of hydrogen-bond donors (Lipinski definition) is 2. The van der Waals surface area contributed by atoms with Gasteiger partial charge in [0.05, 0.1) is 22.3 Å². The second-order valence-corrected chi connectivity index (χ2v) is 18.6. The Morgan fingerprint density at radius 2 is 0.851 bits per heavy atom. The third kappa shape index (κ3) is 18.6. The van der Waals surface area contributed by atoms with Gasteiger partial charge in [-0.25, -0.2) is 9.59 Å². The number of likely N-dealkylation sites (tertiary alicyclic amines) is 2. The van der Waals surface area contributed by atoms with Crippen LogP contribution < -0.4 is 11.1 Å². The minimum Gasteiger partial charge on any atom is -0.444 e. The van der Waals surface area contributed by atoms with Gasteiger partial charge >= 0.3 is 36.9 Å². The van der Waals surface area contributed by atoms with Crippen molar-refractivity contribution in [2.45, 2.75) is 200 Å². The lowest BCUT2D eigenvalue weighted by Crippen LogP contribution is -2.56. The molecule has 4 rings (SSSR count). The van der Waals surface area contributed by atoms with Gasteiger partial charge in [-0.1, -0.05) is 27.7 Å². The number of alkyl halides is 12. The molecule has 2 aromatic rings. The van der Waals surface area contributed by atoms with E-state index < -0.39 is 64.3 Å². The highest BCUT2D eigenvalue weighted by Crippen LogP contribution is 2.38. The van der Waals surface area contributed by atoms with Gasteiger partial charge in [-0.3, -0.25) is 4.79 Å². The SMILES string of the molecule is CC[C@H]1CC(=O)C[C@H](CC)N1C(=O)OC(C)(C)C.CC[C@H]1CC(NCc2cc(C(F)(F)F)cc(C(F)(F)F)c2)C[C@H](CC)N1C(=O)OC(C)(C)C.NCc1cc(C(F)(F)F)cc(C(F)(F)F)c1. The molecule has 0 bridgehead atoms. The minimum atomic E-state index is -4.88. The average molecular weight is 981 g/mol. The maximum atomic E-state index is 13.1. The molecule has 2 amide bonds. The van der Waals surface area contributed by atoms with E-state index in [0.29, 0.717) is 50.7 Å². The van der Waals surface area contributed by atoms with E-state index in [9.17, 15) is 67.1 Å². The number of Topliss-reactive ketones (excluding diaryl/α,β-unsaturated/α-hetero) is 1. The molecule has 2 aromatic carbocycles. The lowest BCUT2D eigenvalue weighted by molar-refractivity contribution is -0.144. The van der Waals surface area contributed by atoms with Gasteiger partial charge in [-0.2, -0.15) is 52.7 Å². The fraction of sp³-hybridized carbons (Fsp3) is 0.674. The topological polar surface area (TPSA) is 114 Å². The van der Waals surface area contributed by atoms with Gasteiger partial charge in [0.15, 0.2) is 0 Å². The third-order valence-electron chi connectivity index (χ3n) is 10.8. The van der Waals surface area contributed by atoms with Crippen LogP contribution in [0.2, 0.25) is 0 Å². The molecule has 0 spiro atoms. The average Bonchev–Trinajstić information content (AvgIpc) is 3.19. The van der Waals surface area contributed by atoms with Crippen molar-refractivity contribution in [1.82, 2.24) is 15.1 Å². The van der Waals surface area contributed by atoms with Crippen molar-refractivity contribution in [1.29, 1.82) is 0 Å². The molecule has 0 radical (unpaired) electrons. The zero-order valence-electron chi connectivity index (χ0n) is 39.5. The zero-order valence-corrected chi connectivity index (χ0v) is 39.5. The quantitative estimate of drug-likeness (QED) is 0.253. The Kier molecular flexibility index (Phi) is 20.5. The van der Waals surface area contributed by atoms with Crippen molar-refractivity contribution in [3.05, 3.63) is 69.8 Å². The number of nitrogens with zero attached hydrogens (tertiary/aromatic N) is 2. The standard InChI is InChI=1S/C23H32F6N2O2.C14H25NO3.C9H7F6N/c1-6-18-11-17(12-19(7-2)31(18)20(32)33-21(3,4)5)30-13-14-8-15(22(24,25)26)10-16(9-14)23(27,28)29;1-6-10-8-12(16)9-11(7-2)15(10)13(17)18-14(3,4)5;10-8(11,12)6-1-5(4-16)2-7(3-6)9(13,14)15/h8-10,17-19,30H,6-7,11-13H2,1-5H3;10-11H,6-9H2,1-5H3;1-3H,4,16H2/t18-,19-;10-,11-;/m00./s1. The van der Waals surface area contributed by atoms with E-state index in [1.807, 2.05) is 48.5 Å². The number of amides is 2. The number of ketones is 1. The van der Waals surface area contributed by atoms with Crippen LogP contribution in [0.1, 0.15) is 154 Å². The molecule has 67 heavy (non-hydrogen) atoms. The van der Waals surface area contributed by atoms with E-state index >= 15 is 0 Å². The predicted molar refractivity (Wildman–Crippen MR) is 227 cm³/mol. The Labute approximate surface area is 384 Å². The van der Waals surface area contributed by atoms with Crippen LogP contribution in [0.15, 0.2) is 36.4 Å². The number of nitrogens with one attached hydrogen (secondary N) is 1. The molecule has 0 aromatic heterocycles. The summed E-state index contributed by atoms with van der Waals surface area (Å²) < 4.78 is 163. The van der Waals surface area contributed by atoms with Gasteiger partial charge < -0.3 is 30.3 Å². The maximum Gasteiger partial charge on any atom is 0.416 e. The summed E-state index contributed by atoms with van der Waals surface area (Å²) in [5.74, 6) is 0.258. The summed E-state index contributed by atoms with van der Waals surface area (Å²) in [4.78, 5) is 40.2. The summed E-state index contributed by atoms with van der Waals surface area (Å²) in [5.41, 5.74) is -1.74. The summed E-state index contributed by atoms with van der Waals surface area (Å²) in [5, 5.41) is 3.12. The van der Waals surface area contributed by atoms with Gasteiger partial charge in [0, 0.05) is 56.1 Å². The Hall–Kier alpha value is -4.27. The first kappa shape index (κ1) is 58.9. The summed E-state index contributed by atoms with van der Waals surface area (Å²) in [6, 6.07) is 2.41. The molecule has 21 heteroatoms. The smallest absolute Gasteiger partial charge is 0.416 e. The number of piperidine rings is 2. The normalized spacial score (nSPS) is 20.9. The van der Waals surface area contributed by atoms with E-state index in [-0.39, 0.29) is 78.4 Å². The Morgan fingerprint density at radius 1 is 0.552 bits per heavy atom. The highest BCUT2D eigenvalue weighted by atomic mass is 19.4. The van der Waals surface area contributed by atoms with Crippen LogP contribution in [-0.4, -0.2) is 69.2 Å². The van der Waals surface area contributed by atoms with Crippen molar-refractivity contribution in [3.8, 4) is 0 Å². The molecule has 0 aliphatic carbocycles. The molecular formula is C46H64F12N4O5. The number of ether oxygens (including phenoxy) is 2. The number of benzene rings is 2. The lowest BCUT2D eigenvalue weighted by atomic mass is 9.88. The highest BCUT2D eigenvalue weighted by Gasteiger charge is 2.42. The van der Waals surface area contributed by atoms with Crippen molar-refractivity contribution in [3.63, 3.8) is 0 Å². The second kappa shape index (κ2) is 23.4. The van der Waals surface area contributed by atoms with Crippen molar-refractivity contribution in [2.24, 2.45) is 5.73 Å². The first-order valence-electron chi connectivity index (χ1n) is 22.0. The monoisotopic (exact) mass is 980 g/mol. The predicted octanol–water partition coefficient (Wildman–Crippen LogP) is 13.1. The van der Waals surface area contributed by atoms with E-state index in [1.54, 1.807) is 30.6 Å². The molecular weight excluding hydrogens is 917 g/mol. The number of carbonyl (C=O) groups excluding carboxylic acids is 3. The number of rotatable bonds is 8. The molecule has 2 fully saturated rings. The van der Waals surface area contributed by atoms with Crippen molar-refractivity contribution < 1.29 is 76.5 Å². The summed E-state index contributed by atoms with van der Waals surface area (Å²) >= 11 is 0. The summed E-state index contributed by atoms with van der Waals surface area (Å²) in [6.07, 6.45) is -15.2. The molecule has 2 aliphatic rings. The first-order chi connectivity index (χ1) is 30.5. The van der Waals surface area contributed by atoms with Crippen LogP contribution in [0.25, 0.3) is 0 Å². The Bertz CT molecular complexity index is 1840. The van der Waals surface area contributed by atoms with Crippen LogP contribution in [0.5, 0.6) is 0 Å². The molecule has 0 saturated carbocycles. The molecule has 2 saturated heterocycles. The van der Waals surface area contributed by atoms with E-state index in [1.165, 1.54) is 0 Å². The second-order valence-electron chi connectivity index (χ2n) is 18.6. The molecule has 382 valence electrons. The fourth-order valence-corrected chi connectivity index (χ4v) is 7.70. The van der Waals surface area contributed by atoms with Gasteiger partial charge in [-0.05, 0) is 128 Å². The van der Waals surface area contributed by atoms with Gasteiger partial charge in [0.25, 0.3) is 0 Å². The number of halogens is 12. The molecule has 2 heterocycles. The Balaban J connectivity index is 0.000000381. The van der Waals surface area contributed by atoms with Crippen molar-refractivity contribution in [2.75, 3.05) is 0 Å². The maximum absolute atomic E-state index is 13.1. The Morgan fingerprint density at radius 3 is 1.12 bits per heavy atom. The fourth-order valence-electron chi connectivity index (χ4n) is 7.70. The van der Waals surface area contributed by atoms with Gasteiger partial charge in [-0.15, -0.1) is 0 Å². The molecule has 0 unspecified atom stereocenters. The van der Waals surface area contributed by atoms with E-state index in [4.69, 9.17) is 15.2 Å². The molecule has 3 N–H and O–H groups in total. The summed E-state index contributed by atoms with van der Waals surface area (Å²) in [7, 11) is 0. The number of hydrogen-bond acceptors (Lipinski definition) is 7. The number of carbonyl (C=O) groups is 3. The first-order valence-corrected chi connectivity index (χ1v) is 22.0. The van der Waals surface area contributed by atoms with Crippen molar-refractivity contribution >= 4 is 18.0 Å². The van der Waals surface area contributed by atoms with Gasteiger partial charge in [0.2, 0.25) is 0 Å². The lowest BCUT2D eigenvalue weighted by Gasteiger charge is -2.45. The van der Waals surface area contributed by atoms with E-state index in [2.05, 4.69) is 5.32 Å². The van der Waals surface area contributed by atoms with Crippen LogP contribution >= 0.6 is 0 Å². The van der Waals surface area contributed by atoms with Crippen LogP contribution in [0, 0.1) is 0 Å². The third-order valence-corrected chi connectivity index (χ3v) is 10.8. The summed E-state index contributed by atoms with van der Waals surface area (Å²) in [6.45, 7) is 18.3. The van der Waals surface area contributed by atoms with Crippen LogP contribution in [0.4, 0.5) is 62.3 Å². The molecule has 2 aliphatic heterocycles. The van der Waals surface area contributed by atoms with Crippen LogP contribution in [-0.2, 0) is 52.1 Å². The van der Waals surface area contributed by atoms with Gasteiger partial charge in [0.1, 0.15) is 17.0 Å². The number of nitrogens with two attached hydrogens (primary N) is 1. The highest BCUT2D eigenvalue weighted by molar-refractivity contribution is 5.83.